The van der Waals surface area contributed by atoms with Gasteiger partial charge in [-0.05, 0) is 55.8 Å². The molecule has 9 nitrogen and oxygen atoms in total. The Morgan fingerprint density at radius 2 is 2.09 bits per heavy atom. The minimum atomic E-state index is -0.427. The molecule has 5 rings (SSSR count). The molecule has 2 amide bonds. The Morgan fingerprint density at radius 3 is 2.94 bits per heavy atom. The Labute approximate surface area is 201 Å². The Bertz CT molecular complexity index is 1280. The molecular weight excluding hydrogens is 455 g/mol. The average molecular weight is 480 g/mol. The summed E-state index contributed by atoms with van der Waals surface area (Å²) in [7, 11) is 1.53. The molecule has 2 aromatic carbocycles. The maximum absolute atomic E-state index is 14.5. The first-order chi connectivity index (χ1) is 17.0. The lowest BCUT2D eigenvalue weighted by molar-refractivity contribution is -0.118. The molecule has 2 aliphatic heterocycles. The van der Waals surface area contributed by atoms with E-state index in [2.05, 4.69) is 15.6 Å². The van der Waals surface area contributed by atoms with Gasteiger partial charge in [0.05, 0.1) is 24.9 Å². The van der Waals surface area contributed by atoms with Gasteiger partial charge in [0, 0.05) is 29.2 Å². The number of anilines is 2. The second kappa shape index (κ2) is 9.75. The lowest BCUT2D eigenvalue weighted by Crippen LogP contribution is -2.27. The average Bonchev–Trinajstić information content (AvgIpc) is 3.24. The Balaban J connectivity index is 1.14. The number of carbonyl (C=O) groups excluding carboxylic acids is 2. The number of pyridine rings is 1. The highest BCUT2D eigenvalue weighted by atomic mass is 19.1. The van der Waals surface area contributed by atoms with Crippen LogP contribution in [-0.2, 0) is 16.1 Å². The lowest BCUT2D eigenvalue weighted by atomic mass is 10.1. The SMILES string of the molecule is COc1ccc2ccc(F)c(CNCCC[C@H]3CN(c4ccc5c(c4)NC(=O)CO5)C(=O)O3)c2n1. The number of halogens is 1. The molecule has 2 aliphatic rings. The van der Waals surface area contributed by atoms with Gasteiger partial charge in [-0.3, -0.25) is 9.69 Å². The number of carbonyl (C=O) groups is 2. The van der Waals surface area contributed by atoms with Gasteiger partial charge in [-0.25, -0.2) is 14.2 Å². The number of hydrogen-bond donors (Lipinski definition) is 2. The van der Waals surface area contributed by atoms with Crippen molar-refractivity contribution in [3.63, 3.8) is 0 Å². The fraction of sp³-hybridized carbons (Fsp3) is 0.320. The second-order valence-corrected chi connectivity index (χ2v) is 8.40. The van der Waals surface area contributed by atoms with Gasteiger partial charge in [0.15, 0.2) is 6.61 Å². The summed E-state index contributed by atoms with van der Waals surface area (Å²) in [5.74, 6) is 0.450. The molecule has 3 aromatic rings. The van der Waals surface area contributed by atoms with E-state index in [1.807, 2.05) is 6.07 Å². The van der Waals surface area contributed by atoms with E-state index in [0.29, 0.717) is 60.1 Å². The van der Waals surface area contributed by atoms with Crippen molar-refractivity contribution in [1.82, 2.24) is 10.3 Å². The van der Waals surface area contributed by atoms with E-state index in [9.17, 15) is 14.0 Å². The molecule has 2 N–H and O–H groups in total. The summed E-state index contributed by atoms with van der Waals surface area (Å²) >= 11 is 0. The van der Waals surface area contributed by atoms with E-state index in [4.69, 9.17) is 14.2 Å². The van der Waals surface area contributed by atoms with Crippen molar-refractivity contribution in [3.05, 3.63) is 53.8 Å². The van der Waals surface area contributed by atoms with Gasteiger partial charge in [0.2, 0.25) is 5.88 Å². The van der Waals surface area contributed by atoms with Gasteiger partial charge in [-0.15, -0.1) is 0 Å². The number of nitrogens with zero attached hydrogens (tertiary/aromatic N) is 2. The Kier molecular flexibility index (Phi) is 6.37. The molecule has 10 heteroatoms. The molecular formula is C25H25FN4O5. The number of rotatable bonds is 8. The van der Waals surface area contributed by atoms with Crippen LogP contribution in [0.15, 0.2) is 42.5 Å². The van der Waals surface area contributed by atoms with Gasteiger partial charge in [-0.1, -0.05) is 0 Å². The summed E-state index contributed by atoms with van der Waals surface area (Å²) in [6.45, 7) is 1.33. The van der Waals surface area contributed by atoms with Crippen LogP contribution in [0.4, 0.5) is 20.6 Å². The zero-order valence-electron chi connectivity index (χ0n) is 19.2. The minimum absolute atomic E-state index is 0.0218. The van der Waals surface area contributed by atoms with E-state index in [1.54, 1.807) is 35.2 Å². The molecule has 0 radical (unpaired) electrons. The molecule has 0 unspecified atom stereocenters. The molecule has 0 aliphatic carbocycles. The molecule has 182 valence electrons. The molecule has 1 fully saturated rings. The first-order valence-corrected chi connectivity index (χ1v) is 11.4. The zero-order valence-corrected chi connectivity index (χ0v) is 19.2. The summed E-state index contributed by atoms with van der Waals surface area (Å²) in [6, 6.07) is 11.9. The van der Waals surface area contributed by atoms with Crippen molar-refractivity contribution < 1.29 is 28.2 Å². The molecule has 0 saturated carbocycles. The fourth-order valence-corrected chi connectivity index (χ4v) is 4.28. The highest BCUT2D eigenvalue weighted by Crippen LogP contribution is 2.34. The van der Waals surface area contributed by atoms with Crippen molar-refractivity contribution in [1.29, 1.82) is 0 Å². The smallest absolute Gasteiger partial charge is 0.414 e. The molecule has 3 heterocycles. The van der Waals surface area contributed by atoms with Crippen LogP contribution < -0.4 is 25.0 Å². The van der Waals surface area contributed by atoms with Gasteiger partial charge in [0.25, 0.3) is 5.91 Å². The topological polar surface area (TPSA) is 102 Å². The van der Waals surface area contributed by atoms with Crippen LogP contribution in [0.3, 0.4) is 0 Å². The normalized spacial score (nSPS) is 17.1. The van der Waals surface area contributed by atoms with Gasteiger partial charge in [0.1, 0.15) is 17.7 Å². The van der Waals surface area contributed by atoms with E-state index in [-0.39, 0.29) is 24.4 Å². The number of nitrogens with one attached hydrogen (secondary N) is 2. The van der Waals surface area contributed by atoms with Crippen LogP contribution in [-0.4, -0.2) is 49.9 Å². The number of ether oxygens (including phenoxy) is 3. The molecule has 0 bridgehead atoms. The summed E-state index contributed by atoms with van der Waals surface area (Å²) < 4.78 is 30.5. The van der Waals surface area contributed by atoms with Crippen molar-refractivity contribution in [2.75, 3.05) is 37.0 Å². The largest absolute Gasteiger partial charge is 0.482 e. The number of benzene rings is 2. The van der Waals surface area contributed by atoms with Crippen molar-refractivity contribution >= 4 is 34.3 Å². The summed E-state index contributed by atoms with van der Waals surface area (Å²) in [5, 5.41) is 6.85. The number of amides is 2. The summed E-state index contributed by atoms with van der Waals surface area (Å²) in [5.41, 5.74) is 2.23. The fourth-order valence-electron chi connectivity index (χ4n) is 4.28. The van der Waals surface area contributed by atoms with Gasteiger partial charge in [-0.2, -0.15) is 0 Å². The Hall–Kier alpha value is -3.92. The van der Waals surface area contributed by atoms with Crippen LogP contribution in [0.2, 0.25) is 0 Å². The number of hydrogen-bond acceptors (Lipinski definition) is 7. The van der Waals surface area contributed by atoms with Crippen molar-refractivity contribution in [2.24, 2.45) is 0 Å². The third-order valence-electron chi connectivity index (χ3n) is 6.06. The van der Waals surface area contributed by atoms with Crippen LogP contribution in [0.25, 0.3) is 10.9 Å². The minimum Gasteiger partial charge on any atom is -0.482 e. The number of fused-ring (bicyclic) bond motifs is 2. The second-order valence-electron chi connectivity index (χ2n) is 8.40. The van der Waals surface area contributed by atoms with E-state index in [0.717, 1.165) is 11.8 Å². The first kappa shape index (κ1) is 22.9. The molecule has 1 saturated heterocycles. The van der Waals surface area contributed by atoms with Gasteiger partial charge < -0.3 is 24.8 Å². The number of cyclic esters (lactones) is 1. The quantitative estimate of drug-likeness (QED) is 0.475. The van der Waals surface area contributed by atoms with Crippen LogP contribution in [0, 0.1) is 5.82 Å². The predicted octanol–water partition coefficient (Wildman–Crippen LogP) is 3.61. The van der Waals surface area contributed by atoms with Crippen molar-refractivity contribution in [3.8, 4) is 11.6 Å². The van der Waals surface area contributed by atoms with Gasteiger partial charge >= 0.3 is 6.09 Å². The third kappa shape index (κ3) is 4.83. The summed E-state index contributed by atoms with van der Waals surface area (Å²) in [6.07, 6.45) is 0.711. The monoisotopic (exact) mass is 480 g/mol. The van der Waals surface area contributed by atoms with E-state index < -0.39 is 6.09 Å². The maximum atomic E-state index is 14.5. The highest BCUT2D eigenvalue weighted by molar-refractivity contribution is 5.97. The summed E-state index contributed by atoms with van der Waals surface area (Å²) in [4.78, 5) is 29.9. The predicted molar refractivity (Wildman–Crippen MR) is 127 cm³/mol. The van der Waals surface area contributed by atoms with Crippen LogP contribution >= 0.6 is 0 Å². The Morgan fingerprint density at radius 1 is 1.23 bits per heavy atom. The molecule has 1 atom stereocenters. The molecule has 0 spiro atoms. The maximum Gasteiger partial charge on any atom is 0.414 e. The zero-order chi connectivity index (χ0) is 24.4. The number of methoxy groups -OCH3 is 1. The first-order valence-electron chi connectivity index (χ1n) is 11.4. The highest BCUT2D eigenvalue weighted by Gasteiger charge is 2.32. The lowest BCUT2D eigenvalue weighted by Gasteiger charge is -2.20. The van der Waals surface area contributed by atoms with Crippen LogP contribution in [0.5, 0.6) is 11.6 Å². The van der Waals surface area contributed by atoms with E-state index >= 15 is 0 Å². The van der Waals surface area contributed by atoms with Crippen LogP contribution in [0.1, 0.15) is 18.4 Å². The molecule has 1 aromatic heterocycles. The third-order valence-corrected chi connectivity index (χ3v) is 6.06. The van der Waals surface area contributed by atoms with E-state index in [1.165, 1.54) is 13.2 Å². The van der Waals surface area contributed by atoms with Crippen molar-refractivity contribution in [2.45, 2.75) is 25.5 Å². The number of aromatic nitrogens is 1. The molecule has 35 heavy (non-hydrogen) atoms. The standard InChI is InChI=1S/C25H25FN4O5/c1-33-23-9-5-15-4-7-19(26)18(24(15)29-23)12-27-10-2-3-17-13-30(25(32)35-17)16-6-8-21-20(11-16)28-22(31)14-34-21/h4-9,11,17,27H,2-3,10,12-14H2,1H3,(H,28,31)/t17-/m0/s1.